The van der Waals surface area contributed by atoms with Crippen molar-refractivity contribution in [3.8, 4) is 5.69 Å². The quantitative estimate of drug-likeness (QED) is 0.905. The zero-order valence-electron chi connectivity index (χ0n) is 14.1. The number of aryl methyl sites for hydroxylation is 1. The second-order valence-corrected chi connectivity index (χ2v) is 7.89. The van der Waals surface area contributed by atoms with E-state index in [1.165, 1.54) is 24.2 Å². The zero-order chi connectivity index (χ0) is 16.2. The summed E-state index contributed by atoms with van der Waals surface area (Å²) in [5.74, 6) is 0.283. The molecular formula is C20H24N2O. The Morgan fingerprint density at radius 2 is 1.96 bits per heavy atom. The number of benzene rings is 1. The second kappa shape index (κ2) is 4.98. The van der Waals surface area contributed by atoms with Crippen molar-refractivity contribution in [3.05, 3.63) is 47.3 Å². The van der Waals surface area contributed by atoms with Gasteiger partial charge in [-0.1, -0.05) is 19.9 Å². The molecule has 1 saturated carbocycles. The van der Waals surface area contributed by atoms with Crippen LogP contribution in [0.25, 0.3) is 5.69 Å². The molecule has 120 valence electrons. The number of rotatable bonds is 3. The Balaban J connectivity index is 1.79. The lowest BCUT2D eigenvalue weighted by molar-refractivity contribution is 0.0911. The number of carbonyl (C=O) groups excluding carboxylic acids is 1. The molecule has 0 radical (unpaired) electrons. The van der Waals surface area contributed by atoms with E-state index in [2.05, 4.69) is 61.0 Å². The second-order valence-electron chi connectivity index (χ2n) is 7.89. The summed E-state index contributed by atoms with van der Waals surface area (Å²) in [5.41, 5.74) is 5.60. The fourth-order valence-electron chi connectivity index (χ4n) is 3.71. The number of hydrogen-bond donors (Lipinski definition) is 1. The lowest BCUT2D eigenvalue weighted by atomic mass is 9.76. The van der Waals surface area contributed by atoms with Crippen LogP contribution in [0.3, 0.4) is 0 Å². The zero-order valence-corrected chi connectivity index (χ0v) is 14.1. The molecular weight excluding hydrogens is 284 g/mol. The number of aromatic nitrogens is 1. The summed E-state index contributed by atoms with van der Waals surface area (Å²) < 4.78 is 2.27. The summed E-state index contributed by atoms with van der Waals surface area (Å²) in [5, 5.41) is 3.56. The van der Waals surface area contributed by atoms with E-state index in [-0.39, 0.29) is 11.2 Å². The first-order chi connectivity index (χ1) is 10.9. The minimum atomic E-state index is 0.0382. The van der Waals surface area contributed by atoms with Crippen LogP contribution < -0.4 is 5.32 Å². The van der Waals surface area contributed by atoms with Gasteiger partial charge in [-0.2, -0.15) is 0 Å². The normalized spacial score (nSPS) is 19.5. The van der Waals surface area contributed by atoms with Crippen LogP contribution in [-0.2, 0) is 6.42 Å². The van der Waals surface area contributed by atoms with Crippen molar-refractivity contribution in [2.24, 2.45) is 5.41 Å². The average Bonchev–Trinajstić information content (AvgIpc) is 3.20. The van der Waals surface area contributed by atoms with Gasteiger partial charge in [-0.15, -0.1) is 0 Å². The number of nitrogens with zero attached hydrogens (tertiary/aromatic N) is 1. The monoisotopic (exact) mass is 308 g/mol. The fraction of sp³-hybridized carbons (Fsp3) is 0.450. The van der Waals surface area contributed by atoms with Crippen molar-refractivity contribution in [1.82, 2.24) is 4.57 Å². The maximum absolute atomic E-state index is 12.5. The molecule has 0 atom stereocenters. The smallest absolute Gasteiger partial charge is 0.165 e. The van der Waals surface area contributed by atoms with Crippen molar-refractivity contribution < 1.29 is 4.79 Å². The maximum atomic E-state index is 12.5. The van der Waals surface area contributed by atoms with Gasteiger partial charge in [0.1, 0.15) is 0 Å². The number of hydrogen-bond acceptors (Lipinski definition) is 2. The number of nitrogens with one attached hydrogen (secondary N) is 1. The minimum absolute atomic E-state index is 0.0382. The molecule has 2 aliphatic carbocycles. The number of ketones is 1. The molecule has 2 aliphatic rings. The van der Waals surface area contributed by atoms with Crippen LogP contribution in [0.1, 0.15) is 54.9 Å². The molecule has 3 heteroatoms. The van der Waals surface area contributed by atoms with Crippen molar-refractivity contribution in [3.63, 3.8) is 0 Å². The molecule has 0 saturated heterocycles. The molecule has 0 spiro atoms. The highest BCUT2D eigenvalue weighted by atomic mass is 16.1. The summed E-state index contributed by atoms with van der Waals surface area (Å²) in [7, 11) is 0. The molecule has 1 aromatic heterocycles. The first-order valence-corrected chi connectivity index (χ1v) is 8.54. The number of anilines is 1. The van der Waals surface area contributed by atoms with E-state index in [0.29, 0.717) is 12.5 Å². The SMILES string of the molecule is Cc1cc2c(n1-c1cccc(NC3CC3)c1)CC(C)(C)CC2=O. The van der Waals surface area contributed by atoms with E-state index in [4.69, 9.17) is 0 Å². The highest BCUT2D eigenvalue weighted by molar-refractivity contribution is 5.99. The molecule has 3 nitrogen and oxygen atoms in total. The van der Waals surface area contributed by atoms with E-state index in [1.54, 1.807) is 0 Å². The summed E-state index contributed by atoms with van der Waals surface area (Å²) in [6.07, 6.45) is 4.13. The highest BCUT2D eigenvalue weighted by Crippen LogP contribution is 2.37. The van der Waals surface area contributed by atoms with Crippen molar-refractivity contribution in [2.45, 2.75) is 52.5 Å². The summed E-state index contributed by atoms with van der Waals surface area (Å²) >= 11 is 0. The number of fused-ring (bicyclic) bond motifs is 1. The summed E-state index contributed by atoms with van der Waals surface area (Å²) in [4.78, 5) is 12.5. The predicted octanol–water partition coefficient (Wildman–Crippen LogP) is 4.52. The molecule has 0 aliphatic heterocycles. The van der Waals surface area contributed by atoms with Crippen LogP contribution in [0, 0.1) is 12.3 Å². The van der Waals surface area contributed by atoms with Gasteiger partial charge in [-0.05, 0) is 55.9 Å². The number of carbonyl (C=O) groups is 1. The van der Waals surface area contributed by atoms with Gasteiger partial charge < -0.3 is 9.88 Å². The maximum Gasteiger partial charge on any atom is 0.165 e. The van der Waals surface area contributed by atoms with Crippen LogP contribution in [0.2, 0.25) is 0 Å². The van der Waals surface area contributed by atoms with Crippen molar-refractivity contribution >= 4 is 11.5 Å². The molecule has 1 fully saturated rings. The van der Waals surface area contributed by atoms with E-state index >= 15 is 0 Å². The molecule has 0 amide bonds. The van der Waals surface area contributed by atoms with Gasteiger partial charge in [-0.25, -0.2) is 0 Å². The first-order valence-electron chi connectivity index (χ1n) is 8.54. The molecule has 4 rings (SSSR count). The van der Waals surface area contributed by atoms with Gasteiger partial charge in [0.2, 0.25) is 0 Å². The minimum Gasteiger partial charge on any atom is -0.382 e. The third-order valence-corrected chi connectivity index (χ3v) is 4.92. The van der Waals surface area contributed by atoms with Crippen LogP contribution in [0.5, 0.6) is 0 Å². The molecule has 1 heterocycles. The Hall–Kier alpha value is -2.03. The van der Waals surface area contributed by atoms with Gasteiger partial charge in [0.05, 0.1) is 0 Å². The molecule has 1 N–H and O–H groups in total. The van der Waals surface area contributed by atoms with Crippen LogP contribution in [0.15, 0.2) is 30.3 Å². The lowest BCUT2D eigenvalue weighted by Gasteiger charge is -2.30. The summed E-state index contributed by atoms with van der Waals surface area (Å²) in [6, 6.07) is 11.3. The third kappa shape index (κ3) is 2.69. The van der Waals surface area contributed by atoms with E-state index in [1.807, 2.05) is 0 Å². The standard InChI is InChI=1S/C20H24N2O/c1-13-9-17-18(11-20(2,3)12-19(17)23)22(13)16-6-4-5-15(10-16)21-14-7-8-14/h4-6,9-10,14,21H,7-8,11-12H2,1-3H3. The predicted molar refractivity (Wildman–Crippen MR) is 93.6 cm³/mol. The Morgan fingerprint density at radius 3 is 2.70 bits per heavy atom. The fourth-order valence-corrected chi connectivity index (χ4v) is 3.71. The summed E-state index contributed by atoms with van der Waals surface area (Å²) in [6.45, 7) is 6.47. The Kier molecular flexibility index (Phi) is 3.15. The van der Waals surface area contributed by atoms with Gasteiger partial charge in [0.15, 0.2) is 5.78 Å². The van der Waals surface area contributed by atoms with E-state index in [0.717, 1.165) is 23.4 Å². The lowest BCUT2D eigenvalue weighted by Crippen LogP contribution is -2.27. The van der Waals surface area contributed by atoms with Crippen LogP contribution >= 0.6 is 0 Å². The Morgan fingerprint density at radius 1 is 1.17 bits per heavy atom. The molecule has 1 aromatic carbocycles. The molecule has 2 aromatic rings. The number of Topliss-reactive ketones (excluding diaryl/α,β-unsaturated/α-hetero) is 1. The topological polar surface area (TPSA) is 34.0 Å². The van der Waals surface area contributed by atoms with E-state index in [9.17, 15) is 4.79 Å². The van der Waals surface area contributed by atoms with Crippen LogP contribution in [-0.4, -0.2) is 16.4 Å². The van der Waals surface area contributed by atoms with Crippen molar-refractivity contribution in [2.75, 3.05) is 5.32 Å². The van der Waals surface area contributed by atoms with Gasteiger partial charge in [-0.3, -0.25) is 4.79 Å². The Labute approximate surface area is 137 Å². The molecule has 0 bridgehead atoms. The van der Waals surface area contributed by atoms with Gasteiger partial charge in [0, 0.05) is 40.8 Å². The van der Waals surface area contributed by atoms with Crippen LogP contribution in [0.4, 0.5) is 5.69 Å². The third-order valence-electron chi connectivity index (χ3n) is 4.92. The van der Waals surface area contributed by atoms with E-state index < -0.39 is 0 Å². The highest BCUT2D eigenvalue weighted by Gasteiger charge is 2.34. The van der Waals surface area contributed by atoms with Crippen molar-refractivity contribution in [1.29, 1.82) is 0 Å². The molecule has 23 heavy (non-hydrogen) atoms. The first kappa shape index (κ1) is 14.6. The largest absolute Gasteiger partial charge is 0.382 e. The van der Waals surface area contributed by atoms with Gasteiger partial charge in [0.25, 0.3) is 0 Å². The molecule has 0 unspecified atom stereocenters. The Bertz CT molecular complexity index is 781. The average molecular weight is 308 g/mol. The van der Waals surface area contributed by atoms with Gasteiger partial charge >= 0.3 is 0 Å².